The van der Waals surface area contributed by atoms with E-state index in [1.165, 1.54) is 0 Å². The zero-order valence-electron chi connectivity index (χ0n) is 12.0. The van der Waals surface area contributed by atoms with Crippen LogP contribution < -0.4 is 5.32 Å². The number of nitrogens with zero attached hydrogens (tertiary/aromatic N) is 1. The maximum Gasteiger partial charge on any atom is 0.252 e. The molecule has 1 saturated heterocycles. The van der Waals surface area contributed by atoms with E-state index in [2.05, 4.69) is 22.7 Å². The third-order valence-corrected chi connectivity index (χ3v) is 3.37. The van der Waals surface area contributed by atoms with Crippen molar-refractivity contribution in [3.05, 3.63) is 12.7 Å². The number of hydrogen-bond acceptors (Lipinski definition) is 4. The number of aliphatic hydroxyl groups is 1. The molecule has 0 spiro atoms. The van der Waals surface area contributed by atoms with Crippen molar-refractivity contribution in [3.8, 4) is 12.3 Å². The first kappa shape index (κ1) is 16.7. The lowest BCUT2D eigenvalue weighted by Gasteiger charge is -2.33. The lowest BCUT2D eigenvalue weighted by Crippen LogP contribution is -2.49. The molecule has 1 amide bonds. The maximum absolute atomic E-state index is 11.8. The van der Waals surface area contributed by atoms with E-state index < -0.39 is 12.2 Å². The summed E-state index contributed by atoms with van der Waals surface area (Å²) >= 11 is 0. The molecule has 3 atom stereocenters. The number of likely N-dealkylation sites (N-methyl/N-ethyl adjacent to an activating group) is 1. The molecule has 0 bridgehead atoms. The van der Waals surface area contributed by atoms with Crippen LogP contribution in [-0.2, 0) is 9.53 Å². The monoisotopic (exact) mass is 280 g/mol. The second-order valence-electron chi connectivity index (χ2n) is 5.08. The summed E-state index contributed by atoms with van der Waals surface area (Å²) in [7, 11) is 2.01. The van der Waals surface area contributed by atoms with Crippen LogP contribution in [0.1, 0.15) is 19.3 Å². The zero-order valence-corrected chi connectivity index (χ0v) is 12.0. The van der Waals surface area contributed by atoms with Gasteiger partial charge < -0.3 is 20.1 Å². The van der Waals surface area contributed by atoms with Crippen molar-refractivity contribution in [2.45, 2.75) is 37.6 Å². The molecule has 0 radical (unpaired) electrons. The minimum atomic E-state index is -0.813. The fourth-order valence-corrected chi connectivity index (χ4v) is 2.24. The highest BCUT2D eigenvalue weighted by Gasteiger charge is 2.34. The number of nitrogens with one attached hydrogen (secondary N) is 1. The van der Waals surface area contributed by atoms with E-state index in [0.29, 0.717) is 6.42 Å². The molecule has 5 nitrogen and oxygen atoms in total. The lowest BCUT2D eigenvalue weighted by molar-refractivity contribution is -0.158. The molecule has 0 aromatic carbocycles. The van der Waals surface area contributed by atoms with Gasteiger partial charge in [-0.3, -0.25) is 4.79 Å². The van der Waals surface area contributed by atoms with Gasteiger partial charge in [-0.2, -0.15) is 0 Å². The van der Waals surface area contributed by atoms with Crippen LogP contribution in [-0.4, -0.2) is 60.9 Å². The van der Waals surface area contributed by atoms with Gasteiger partial charge in [-0.1, -0.05) is 12.0 Å². The molecular weight excluding hydrogens is 256 g/mol. The first-order valence-corrected chi connectivity index (χ1v) is 6.92. The quantitative estimate of drug-likeness (QED) is 0.515. The number of hydrogen-bond donors (Lipinski definition) is 2. The maximum atomic E-state index is 11.8. The smallest absolute Gasteiger partial charge is 0.252 e. The van der Waals surface area contributed by atoms with Crippen LogP contribution >= 0.6 is 0 Å². The van der Waals surface area contributed by atoms with Gasteiger partial charge in [0, 0.05) is 13.1 Å². The second-order valence-corrected chi connectivity index (χ2v) is 5.08. The molecule has 2 N–H and O–H groups in total. The Morgan fingerprint density at radius 1 is 1.65 bits per heavy atom. The summed E-state index contributed by atoms with van der Waals surface area (Å²) in [6.45, 7) is 5.53. The van der Waals surface area contributed by atoms with E-state index in [-0.39, 0.29) is 18.6 Å². The number of rotatable bonds is 7. The molecule has 0 saturated carbocycles. The first-order chi connectivity index (χ1) is 9.58. The highest BCUT2D eigenvalue weighted by atomic mass is 16.5. The summed E-state index contributed by atoms with van der Waals surface area (Å²) in [5.74, 6) is 2.00. The molecule has 1 aliphatic heterocycles. The summed E-state index contributed by atoms with van der Waals surface area (Å²) in [4.78, 5) is 14.0. The largest absolute Gasteiger partial charge is 0.390 e. The SMILES string of the molecule is C#CCNC(=O)[C@H]1O[C@H](CCN(C)CC=C)CC[C@@H]1O. The number of carbonyl (C=O) groups is 1. The number of ether oxygens (including phenoxy) is 1. The van der Waals surface area contributed by atoms with Crippen molar-refractivity contribution < 1.29 is 14.6 Å². The summed E-state index contributed by atoms with van der Waals surface area (Å²) in [5.41, 5.74) is 0. The van der Waals surface area contributed by atoms with Crippen LogP contribution in [0.5, 0.6) is 0 Å². The van der Waals surface area contributed by atoms with Gasteiger partial charge in [0.15, 0.2) is 6.10 Å². The zero-order chi connectivity index (χ0) is 15.0. The molecule has 1 heterocycles. The van der Waals surface area contributed by atoms with Gasteiger partial charge in [0.05, 0.1) is 18.8 Å². The van der Waals surface area contributed by atoms with Crippen LogP contribution in [0.15, 0.2) is 12.7 Å². The summed E-state index contributed by atoms with van der Waals surface area (Å²) in [6.07, 6.45) is 7.54. The number of carbonyl (C=O) groups excluding carboxylic acids is 1. The van der Waals surface area contributed by atoms with Gasteiger partial charge in [0.1, 0.15) is 0 Å². The highest BCUT2D eigenvalue weighted by molar-refractivity contribution is 5.81. The molecule has 0 unspecified atom stereocenters. The molecule has 0 aliphatic carbocycles. The van der Waals surface area contributed by atoms with Crippen LogP contribution in [0.4, 0.5) is 0 Å². The predicted molar refractivity (Wildman–Crippen MR) is 78.1 cm³/mol. The van der Waals surface area contributed by atoms with Crippen LogP contribution in [0.25, 0.3) is 0 Å². The Labute approximate surface area is 121 Å². The fourth-order valence-electron chi connectivity index (χ4n) is 2.24. The molecule has 112 valence electrons. The third kappa shape index (κ3) is 5.33. The average molecular weight is 280 g/mol. The van der Waals surface area contributed by atoms with E-state index in [1.54, 1.807) is 0 Å². The Bertz CT molecular complexity index is 365. The van der Waals surface area contributed by atoms with Gasteiger partial charge in [0.25, 0.3) is 5.91 Å². The van der Waals surface area contributed by atoms with Gasteiger partial charge in [0.2, 0.25) is 0 Å². The third-order valence-electron chi connectivity index (χ3n) is 3.37. The van der Waals surface area contributed by atoms with Gasteiger partial charge >= 0.3 is 0 Å². The van der Waals surface area contributed by atoms with Crippen molar-refractivity contribution in [2.75, 3.05) is 26.7 Å². The Kier molecular flexibility index (Phi) is 7.31. The van der Waals surface area contributed by atoms with Crippen molar-refractivity contribution in [2.24, 2.45) is 0 Å². The predicted octanol–water partition coefficient (Wildman–Crippen LogP) is 0.152. The second kappa shape index (κ2) is 8.75. The topological polar surface area (TPSA) is 61.8 Å². The first-order valence-electron chi connectivity index (χ1n) is 6.92. The minimum absolute atomic E-state index is 0.00717. The Morgan fingerprint density at radius 3 is 3.05 bits per heavy atom. The molecule has 0 aromatic heterocycles. The van der Waals surface area contributed by atoms with E-state index in [4.69, 9.17) is 11.2 Å². The molecule has 5 heteroatoms. The Hall–Kier alpha value is -1.35. The van der Waals surface area contributed by atoms with E-state index in [0.717, 1.165) is 25.9 Å². The van der Waals surface area contributed by atoms with E-state index >= 15 is 0 Å². The molecule has 20 heavy (non-hydrogen) atoms. The summed E-state index contributed by atoms with van der Waals surface area (Å²) in [6, 6.07) is 0. The van der Waals surface area contributed by atoms with Gasteiger partial charge in [-0.15, -0.1) is 13.0 Å². The molecule has 1 fully saturated rings. The van der Waals surface area contributed by atoms with Crippen LogP contribution in [0.2, 0.25) is 0 Å². The van der Waals surface area contributed by atoms with Crippen LogP contribution in [0.3, 0.4) is 0 Å². The summed E-state index contributed by atoms with van der Waals surface area (Å²) in [5, 5.41) is 12.4. The molecule has 0 aromatic rings. The molecular formula is C15H24N2O3. The average Bonchev–Trinajstić information content (AvgIpc) is 2.44. The Balaban J connectivity index is 2.42. The highest BCUT2D eigenvalue weighted by Crippen LogP contribution is 2.22. The number of amides is 1. The fraction of sp³-hybridized carbons (Fsp3) is 0.667. The van der Waals surface area contributed by atoms with E-state index in [1.807, 2.05) is 13.1 Å². The van der Waals surface area contributed by atoms with Gasteiger partial charge in [-0.25, -0.2) is 0 Å². The van der Waals surface area contributed by atoms with Crippen molar-refractivity contribution in [1.29, 1.82) is 0 Å². The van der Waals surface area contributed by atoms with E-state index in [9.17, 15) is 9.90 Å². The molecule has 1 aliphatic rings. The molecule has 1 rings (SSSR count). The minimum Gasteiger partial charge on any atom is -0.390 e. The van der Waals surface area contributed by atoms with Crippen molar-refractivity contribution in [3.63, 3.8) is 0 Å². The normalized spacial score (nSPS) is 26.0. The lowest BCUT2D eigenvalue weighted by atomic mass is 9.98. The standard InChI is InChI=1S/C15H24N2O3/c1-4-9-16-15(19)14-13(18)7-6-12(20-14)8-11-17(3)10-5-2/h1,5,12-14,18H,2,6-11H2,3H3,(H,16,19)/t12-,13-,14-/m0/s1. The Morgan fingerprint density at radius 2 is 2.40 bits per heavy atom. The van der Waals surface area contributed by atoms with Crippen molar-refractivity contribution in [1.82, 2.24) is 10.2 Å². The van der Waals surface area contributed by atoms with Crippen LogP contribution in [0, 0.1) is 12.3 Å². The van der Waals surface area contributed by atoms with Crippen molar-refractivity contribution >= 4 is 5.91 Å². The summed E-state index contributed by atoms with van der Waals surface area (Å²) < 4.78 is 5.70. The number of aliphatic hydroxyl groups excluding tert-OH is 1. The van der Waals surface area contributed by atoms with Gasteiger partial charge in [-0.05, 0) is 26.3 Å². The number of terminal acetylenes is 1.